The van der Waals surface area contributed by atoms with Crippen molar-refractivity contribution < 1.29 is 22.7 Å². The van der Waals surface area contributed by atoms with E-state index >= 15 is 0 Å². The third-order valence-electron chi connectivity index (χ3n) is 4.99. The number of sulfonamides is 1. The smallest absolute Gasteiger partial charge is 0.338 e. The van der Waals surface area contributed by atoms with E-state index in [0.717, 1.165) is 5.56 Å². The topological polar surface area (TPSA) is 80.8 Å². The number of carbonyl (C=O) groups excluding carboxylic acids is 2. The van der Waals surface area contributed by atoms with Gasteiger partial charge in [-0.05, 0) is 44.2 Å². The first-order valence-corrected chi connectivity index (χ1v) is 11.8. The second-order valence-electron chi connectivity index (χ2n) is 7.47. The molecule has 0 aliphatic heterocycles. The molecule has 3 aromatic carbocycles. The first-order chi connectivity index (χ1) is 15.7. The fourth-order valence-electron chi connectivity index (χ4n) is 3.20. The normalized spacial score (nSPS) is 11.9. The molecule has 33 heavy (non-hydrogen) atoms. The van der Waals surface area contributed by atoms with Gasteiger partial charge in [0, 0.05) is 5.56 Å². The van der Waals surface area contributed by atoms with Crippen LogP contribution in [0.3, 0.4) is 0 Å². The van der Waals surface area contributed by atoms with Gasteiger partial charge in [0.15, 0.2) is 6.10 Å². The summed E-state index contributed by atoms with van der Waals surface area (Å²) in [6.07, 6.45) is 0.461. The summed E-state index contributed by atoms with van der Waals surface area (Å²) in [6.45, 7) is 7.10. The third kappa shape index (κ3) is 5.56. The number of ketones is 1. The van der Waals surface area contributed by atoms with Crippen molar-refractivity contribution in [3.05, 3.63) is 108 Å². The van der Waals surface area contributed by atoms with E-state index in [0.29, 0.717) is 11.3 Å². The molecule has 0 radical (unpaired) electrons. The quantitative estimate of drug-likeness (QED) is 0.259. The number of Topliss-reactive ketones (excluding diaryl/α,β-unsaturated/α-hetero) is 1. The van der Waals surface area contributed by atoms with Crippen LogP contribution in [-0.4, -0.2) is 32.8 Å². The minimum atomic E-state index is -3.98. The lowest BCUT2D eigenvalue weighted by Gasteiger charge is -2.23. The molecule has 0 spiro atoms. The Morgan fingerprint density at radius 1 is 0.970 bits per heavy atom. The molecule has 0 unspecified atom stereocenters. The van der Waals surface area contributed by atoms with Gasteiger partial charge in [-0.1, -0.05) is 60.2 Å². The number of anilines is 1. The number of rotatable bonds is 9. The van der Waals surface area contributed by atoms with Crippen molar-refractivity contribution in [2.45, 2.75) is 24.8 Å². The number of aryl methyl sites for hydroxylation is 1. The molecule has 0 saturated carbocycles. The van der Waals surface area contributed by atoms with Crippen LogP contribution >= 0.6 is 0 Å². The first kappa shape index (κ1) is 23.9. The van der Waals surface area contributed by atoms with Crippen LogP contribution in [0.4, 0.5) is 5.69 Å². The SMILES string of the molecule is C=CCN(c1ccccc1)S(=O)(=O)c1cccc(C(=O)O[C@@H](C)C(=O)c2ccc(C)cc2)c1. The van der Waals surface area contributed by atoms with Crippen LogP contribution in [0.1, 0.15) is 33.2 Å². The molecule has 0 fully saturated rings. The van der Waals surface area contributed by atoms with Crippen molar-refractivity contribution in [2.75, 3.05) is 10.8 Å². The van der Waals surface area contributed by atoms with Crippen LogP contribution in [0.15, 0.2) is 96.4 Å². The number of para-hydroxylation sites is 1. The van der Waals surface area contributed by atoms with Gasteiger partial charge in [-0.25, -0.2) is 13.2 Å². The van der Waals surface area contributed by atoms with Crippen molar-refractivity contribution in [1.82, 2.24) is 0 Å². The number of hydrogen-bond acceptors (Lipinski definition) is 5. The molecule has 0 aliphatic carbocycles. The summed E-state index contributed by atoms with van der Waals surface area (Å²) in [5, 5.41) is 0. The number of benzene rings is 3. The van der Waals surface area contributed by atoms with Gasteiger partial charge in [-0.2, -0.15) is 0 Å². The second kappa shape index (κ2) is 10.3. The number of esters is 1. The third-order valence-corrected chi connectivity index (χ3v) is 6.78. The lowest BCUT2D eigenvalue weighted by atomic mass is 10.1. The van der Waals surface area contributed by atoms with Crippen molar-refractivity contribution in [3.63, 3.8) is 0 Å². The monoisotopic (exact) mass is 463 g/mol. The maximum atomic E-state index is 13.3. The summed E-state index contributed by atoms with van der Waals surface area (Å²) in [5.41, 5.74) is 1.95. The Balaban J connectivity index is 1.83. The van der Waals surface area contributed by atoms with Crippen molar-refractivity contribution in [3.8, 4) is 0 Å². The Hall–Kier alpha value is -3.71. The molecule has 170 valence electrons. The van der Waals surface area contributed by atoms with E-state index in [9.17, 15) is 18.0 Å². The highest BCUT2D eigenvalue weighted by molar-refractivity contribution is 7.92. The Kier molecular flexibility index (Phi) is 7.45. The van der Waals surface area contributed by atoms with Crippen LogP contribution < -0.4 is 4.31 Å². The predicted octanol–water partition coefficient (Wildman–Crippen LogP) is 4.80. The van der Waals surface area contributed by atoms with Crippen LogP contribution in [-0.2, 0) is 14.8 Å². The molecule has 0 N–H and O–H groups in total. The summed E-state index contributed by atoms with van der Waals surface area (Å²) < 4.78 is 33.2. The van der Waals surface area contributed by atoms with Crippen molar-refractivity contribution >= 4 is 27.5 Å². The Bertz CT molecular complexity index is 1250. The molecule has 3 aromatic rings. The van der Waals surface area contributed by atoms with Crippen LogP contribution in [0.25, 0.3) is 0 Å². The summed E-state index contributed by atoms with van der Waals surface area (Å²) in [6, 6.07) is 21.1. The average molecular weight is 464 g/mol. The van der Waals surface area contributed by atoms with Crippen LogP contribution in [0.5, 0.6) is 0 Å². The Morgan fingerprint density at radius 2 is 1.64 bits per heavy atom. The number of hydrogen-bond donors (Lipinski definition) is 0. The predicted molar refractivity (Wildman–Crippen MR) is 128 cm³/mol. The number of carbonyl (C=O) groups is 2. The molecular weight excluding hydrogens is 438 g/mol. The van der Waals surface area contributed by atoms with E-state index in [-0.39, 0.29) is 22.8 Å². The summed E-state index contributed by atoms with van der Waals surface area (Å²) in [4.78, 5) is 25.2. The lowest BCUT2D eigenvalue weighted by Crippen LogP contribution is -2.31. The molecule has 0 heterocycles. The zero-order valence-corrected chi connectivity index (χ0v) is 19.3. The van der Waals surface area contributed by atoms with Gasteiger partial charge in [-0.15, -0.1) is 6.58 Å². The van der Waals surface area contributed by atoms with Crippen molar-refractivity contribution in [1.29, 1.82) is 0 Å². The van der Waals surface area contributed by atoms with Gasteiger partial charge in [0.2, 0.25) is 5.78 Å². The van der Waals surface area contributed by atoms with E-state index in [2.05, 4.69) is 6.58 Å². The first-order valence-electron chi connectivity index (χ1n) is 10.3. The van der Waals surface area contributed by atoms with E-state index in [1.54, 1.807) is 54.6 Å². The van der Waals surface area contributed by atoms with Gasteiger partial charge >= 0.3 is 5.97 Å². The maximum Gasteiger partial charge on any atom is 0.338 e. The average Bonchev–Trinajstić information content (AvgIpc) is 2.83. The fourth-order valence-corrected chi connectivity index (χ4v) is 4.68. The standard InChI is InChI=1S/C26H25NO5S/c1-4-17-27(23-10-6-5-7-11-23)33(30,31)24-12-8-9-22(18-24)26(29)32-20(3)25(28)21-15-13-19(2)14-16-21/h4-16,18,20H,1,17H2,2-3H3/t20-/m0/s1. The molecule has 0 bridgehead atoms. The summed E-state index contributed by atoms with van der Waals surface area (Å²) >= 11 is 0. The number of nitrogens with zero attached hydrogens (tertiary/aromatic N) is 1. The largest absolute Gasteiger partial charge is 0.451 e. The van der Waals surface area contributed by atoms with E-state index < -0.39 is 22.1 Å². The van der Waals surface area contributed by atoms with Gasteiger partial charge < -0.3 is 4.74 Å². The second-order valence-corrected chi connectivity index (χ2v) is 9.33. The Morgan fingerprint density at radius 3 is 2.27 bits per heavy atom. The summed E-state index contributed by atoms with van der Waals surface area (Å²) in [5.74, 6) is -1.12. The zero-order valence-electron chi connectivity index (χ0n) is 18.5. The maximum absolute atomic E-state index is 13.3. The van der Waals surface area contributed by atoms with Gasteiger partial charge in [0.1, 0.15) is 0 Å². The number of ether oxygens (including phenoxy) is 1. The van der Waals surface area contributed by atoms with Gasteiger partial charge in [0.05, 0.1) is 22.7 Å². The highest BCUT2D eigenvalue weighted by atomic mass is 32.2. The molecule has 0 aromatic heterocycles. The molecule has 0 saturated heterocycles. The van der Waals surface area contributed by atoms with Crippen molar-refractivity contribution in [2.24, 2.45) is 0 Å². The van der Waals surface area contributed by atoms with E-state index in [1.807, 2.05) is 6.92 Å². The van der Waals surface area contributed by atoms with Crippen LogP contribution in [0.2, 0.25) is 0 Å². The van der Waals surface area contributed by atoms with Crippen LogP contribution in [0, 0.1) is 6.92 Å². The minimum Gasteiger partial charge on any atom is -0.451 e. The Labute approximate surface area is 194 Å². The molecule has 3 rings (SSSR count). The summed E-state index contributed by atoms with van der Waals surface area (Å²) in [7, 11) is -3.98. The fraction of sp³-hybridized carbons (Fsp3) is 0.154. The lowest BCUT2D eigenvalue weighted by molar-refractivity contribution is 0.0318. The molecule has 6 nitrogen and oxygen atoms in total. The highest BCUT2D eigenvalue weighted by Gasteiger charge is 2.26. The molecule has 1 atom stereocenters. The highest BCUT2D eigenvalue weighted by Crippen LogP contribution is 2.24. The zero-order chi connectivity index (χ0) is 24.0. The molecule has 0 aliphatic rings. The minimum absolute atomic E-state index is 0.0336. The van der Waals surface area contributed by atoms with Gasteiger partial charge in [0.25, 0.3) is 10.0 Å². The molecule has 7 heteroatoms. The van der Waals surface area contributed by atoms with E-state index in [1.165, 1.54) is 41.6 Å². The van der Waals surface area contributed by atoms with E-state index in [4.69, 9.17) is 4.74 Å². The molecule has 0 amide bonds. The van der Waals surface area contributed by atoms with Gasteiger partial charge in [-0.3, -0.25) is 9.10 Å². The molecular formula is C26H25NO5S.